The molecule has 0 saturated heterocycles. The molecule has 5 rings (SSSR count). The summed E-state index contributed by atoms with van der Waals surface area (Å²) < 4.78 is 5.75. The summed E-state index contributed by atoms with van der Waals surface area (Å²) in [7, 11) is 0. The van der Waals surface area contributed by atoms with Gasteiger partial charge < -0.3 is 9.73 Å². The minimum atomic E-state index is -0.237. The van der Waals surface area contributed by atoms with Crippen molar-refractivity contribution in [2.24, 2.45) is 0 Å². The van der Waals surface area contributed by atoms with Crippen LogP contribution < -0.4 is 10.6 Å². The molecule has 0 atom stereocenters. The molecule has 0 spiro atoms. The lowest BCUT2D eigenvalue weighted by Crippen LogP contribution is -2.38. The molecule has 2 heterocycles. The highest BCUT2D eigenvalue weighted by Gasteiger charge is 2.12. The first-order chi connectivity index (χ1) is 15.7. The van der Waals surface area contributed by atoms with E-state index in [0.717, 1.165) is 21.9 Å². The fourth-order valence-electron chi connectivity index (χ4n) is 3.48. The number of aromatic nitrogens is 2. The van der Waals surface area contributed by atoms with E-state index in [1.807, 2.05) is 72.8 Å². The highest BCUT2D eigenvalue weighted by molar-refractivity contribution is 7.80. The van der Waals surface area contributed by atoms with Crippen LogP contribution in [0.2, 0.25) is 0 Å². The second-order valence-electron chi connectivity index (χ2n) is 7.20. The molecular formula is C25H18N4O2S. The summed E-state index contributed by atoms with van der Waals surface area (Å²) in [5, 5.41) is 8.01. The third kappa shape index (κ3) is 4.06. The fraction of sp³-hybridized carbons (Fsp3) is 0.0400. The zero-order valence-corrected chi connectivity index (χ0v) is 17.7. The lowest BCUT2D eigenvalue weighted by Gasteiger charge is -2.11. The van der Waals surface area contributed by atoms with Crippen molar-refractivity contribution in [2.45, 2.75) is 6.54 Å². The second-order valence-corrected chi connectivity index (χ2v) is 7.61. The molecule has 32 heavy (non-hydrogen) atoms. The first kappa shape index (κ1) is 19.8. The smallest absolute Gasteiger partial charge is 0.258 e. The van der Waals surface area contributed by atoms with E-state index in [4.69, 9.17) is 16.6 Å². The van der Waals surface area contributed by atoms with Crippen LogP contribution in [0.3, 0.4) is 0 Å². The van der Waals surface area contributed by atoms with Gasteiger partial charge in [-0.25, -0.2) is 4.98 Å². The Morgan fingerprint density at radius 3 is 2.59 bits per heavy atom. The number of pyridine rings is 1. The molecule has 0 fully saturated rings. The van der Waals surface area contributed by atoms with Crippen molar-refractivity contribution in [1.29, 1.82) is 0 Å². The molecule has 156 valence electrons. The van der Waals surface area contributed by atoms with Crippen LogP contribution in [0.15, 0.2) is 89.5 Å². The standard InChI is InChI=1S/C25H18N4O2S/c30-23(20-8-3-6-17-5-1-2-7-19(17)20)29-25(32)27-15-16-10-12-18(13-11-16)24-28-22-21(31-24)9-4-14-26-22/h1-14H,15H2,(H2,27,29,30,32). The average molecular weight is 439 g/mol. The molecule has 0 radical (unpaired) electrons. The van der Waals surface area contributed by atoms with Crippen LogP contribution in [-0.2, 0) is 6.54 Å². The molecule has 0 bridgehead atoms. The molecular weight excluding hydrogens is 420 g/mol. The normalized spacial score (nSPS) is 10.9. The zero-order valence-electron chi connectivity index (χ0n) is 16.9. The van der Waals surface area contributed by atoms with Gasteiger partial charge in [0.05, 0.1) is 0 Å². The van der Waals surface area contributed by atoms with Gasteiger partial charge in [0.15, 0.2) is 16.3 Å². The number of amides is 1. The summed E-state index contributed by atoms with van der Waals surface area (Å²) in [5.41, 5.74) is 3.69. The van der Waals surface area contributed by atoms with Crippen molar-refractivity contribution in [3.05, 3.63) is 96.2 Å². The van der Waals surface area contributed by atoms with Gasteiger partial charge in [0.25, 0.3) is 5.91 Å². The van der Waals surface area contributed by atoms with E-state index in [2.05, 4.69) is 20.6 Å². The second kappa shape index (κ2) is 8.56. The number of fused-ring (bicyclic) bond motifs is 2. The van der Waals surface area contributed by atoms with E-state index < -0.39 is 0 Å². The minimum Gasteiger partial charge on any atom is -0.434 e. The van der Waals surface area contributed by atoms with Crippen molar-refractivity contribution < 1.29 is 9.21 Å². The Kier molecular flexibility index (Phi) is 5.31. The highest BCUT2D eigenvalue weighted by Crippen LogP contribution is 2.23. The number of nitrogens with zero attached hydrogens (tertiary/aromatic N) is 2. The van der Waals surface area contributed by atoms with Crippen LogP contribution in [-0.4, -0.2) is 21.0 Å². The van der Waals surface area contributed by atoms with Crippen molar-refractivity contribution in [3.63, 3.8) is 0 Å². The predicted molar refractivity (Wildman–Crippen MR) is 128 cm³/mol. The van der Waals surface area contributed by atoms with Gasteiger partial charge in [-0.15, -0.1) is 0 Å². The van der Waals surface area contributed by atoms with Crippen LogP contribution in [0.5, 0.6) is 0 Å². The average Bonchev–Trinajstić information content (AvgIpc) is 3.27. The summed E-state index contributed by atoms with van der Waals surface area (Å²) in [6.45, 7) is 0.476. The number of carbonyl (C=O) groups excluding carboxylic acids is 1. The number of rotatable bonds is 4. The van der Waals surface area contributed by atoms with Gasteiger partial charge in [0, 0.05) is 23.9 Å². The molecule has 0 saturated carbocycles. The minimum absolute atomic E-state index is 0.237. The Morgan fingerprint density at radius 2 is 1.75 bits per heavy atom. The Morgan fingerprint density at radius 1 is 0.938 bits per heavy atom. The predicted octanol–water partition coefficient (Wildman–Crippen LogP) is 4.85. The molecule has 7 heteroatoms. The first-order valence-corrected chi connectivity index (χ1v) is 10.5. The fourth-order valence-corrected chi connectivity index (χ4v) is 3.64. The zero-order chi connectivity index (χ0) is 21.9. The van der Waals surface area contributed by atoms with Crippen LogP contribution in [0.1, 0.15) is 15.9 Å². The van der Waals surface area contributed by atoms with Crippen molar-refractivity contribution in [1.82, 2.24) is 20.6 Å². The molecule has 0 unspecified atom stereocenters. The SMILES string of the molecule is O=C(NC(=S)NCc1ccc(-c2nc3ncccc3o2)cc1)c1cccc2ccccc12. The van der Waals surface area contributed by atoms with E-state index in [1.165, 1.54) is 0 Å². The molecule has 5 aromatic rings. The largest absolute Gasteiger partial charge is 0.434 e. The Hall–Kier alpha value is -4.10. The van der Waals surface area contributed by atoms with E-state index in [-0.39, 0.29) is 11.0 Å². The van der Waals surface area contributed by atoms with Crippen molar-refractivity contribution >= 4 is 45.2 Å². The van der Waals surface area contributed by atoms with Crippen molar-refractivity contribution in [2.75, 3.05) is 0 Å². The number of nitrogens with one attached hydrogen (secondary N) is 2. The number of hydrogen-bond donors (Lipinski definition) is 2. The first-order valence-electron chi connectivity index (χ1n) is 10.1. The summed E-state index contributed by atoms with van der Waals surface area (Å²) in [5.74, 6) is 0.287. The van der Waals surface area contributed by atoms with E-state index in [9.17, 15) is 4.79 Å². The number of oxazole rings is 1. The van der Waals surface area contributed by atoms with Gasteiger partial charge in [-0.05, 0) is 58.9 Å². The third-order valence-electron chi connectivity index (χ3n) is 5.08. The molecule has 0 aliphatic rings. The van der Waals surface area contributed by atoms with Gasteiger partial charge in [0.2, 0.25) is 5.89 Å². The quantitative estimate of drug-likeness (QED) is 0.391. The number of hydrogen-bond acceptors (Lipinski definition) is 5. The molecule has 0 aliphatic carbocycles. The van der Waals surface area contributed by atoms with Gasteiger partial charge in [-0.2, -0.15) is 4.98 Å². The van der Waals surface area contributed by atoms with Crippen LogP contribution in [0.25, 0.3) is 33.5 Å². The number of carbonyl (C=O) groups is 1. The third-order valence-corrected chi connectivity index (χ3v) is 5.33. The van der Waals surface area contributed by atoms with Crippen LogP contribution in [0, 0.1) is 0 Å². The summed E-state index contributed by atoms with van der Waals surface area (Å²) in [6, 6.07) is 24.8. The van der Waals surface area contributed by atoms with Gasteiger partial charge >= 0.3 is 0 Å². The van der Waals surface area contributed by atoms with Crippen LogP contribution in [0.4, 0.5) is 0 Å². The maximum atomic E-state index is 12.7. The Balaban J connectivity index is 1.21. The van der Waals surface area contributed by atoms with Gasteiger partial charge in [-0.1, -0.05) is 48.5 Å². The molecule has 0 aliphatic heterocycles. The van der Waals surface area contributed by atoms with Gasteiger partial charge in [-0.3, -0.25) is 10.1 Å². The Bertz CT molecular complexity index is 1410. The molecule has 1 amide bonds. The lowest BCUT2D eigenvalue weighted by molar-refractivity contribution is 0.0978. The van der Waals surface area contributed by atoms with E-state index in [0.29, 0.717) is 29.2 Å². The van der Waals surface area contributed by atoms with Gasteiger partial charge in [0.1, 0.15) is 0 Å². The van der Waals surface area contributed by atoms with Crippen molar-refractivity contribution in [3.8, 4) is 11.5 Å². The number of benzene rings is 3. The Labute approximate surface area is 189 Å². The summed E-state index contributed by atoms with van der Waals surface area (Å²) in [4.78, 5) is 21.3. The topological polar surface area (TPSA) is 80.0 Å². The molecule has 2 aromatic heterocycles. The maximum Gasteiger partial charge on any atom is 0.258 e. The monoisotopic (exact) mass is 438 g/mol. The number of thiocarbonyl (C=S) groups is 1. The molecule has 2 N–H and O–H groups in total. The highest BCUT2D eigenvalue weighted by atomic mass is 32.1. The van der Waals surface area contributed by atoms with E-state index in [1.54, 1.807) is 12.3 Å². The summed E-state index contributed by atoms with van der Waals surface area (Å²) >= 11 is 5.32. The molecule has 6 nitrogen and oxygen atoms in total. The lowest BCUT2D eigenvalue weighted by atomic mass is 10.0. The maximum absolute atomic E-state index is 12.7. The summed E-state index contributed by atoms with van der Waals surface area (Å²) in [6.07, 6.45) is 1.69. The van der Waals surface area contributed by atoms with E-state index >= 15 is 0 Å². The molecule has 3 aromatic carbocycles. The van der Waals surface area contributed by atoms with Crippen LogP contribution >= 0.6 is 12.2 Å².